The molecule has 0 heterocycles. The summed E-state index contributed by atoms with van der Waals surface area (Å²) in [5, 5.41) is 3.13. The van der Waals surface area contributed by atoms with E-state index in [1.54, 1.807) is 30.3 Å². The molecule has 7 nitrogen and oxygen atoms in total. The molecule has 33 heavy (non-hydrogen) atoms. The molecule has 0 aliphatic carbocycles. The van der Waals surface area contributed by atoms with E-state index in [1.165, 1.54) is 19.2 Å². The van der Waals surface area contributed by atoms with Crippen molar-refractivity contribution < 1.29 is 22.7 Å². The molecule has 1 unspecified atom stereocenters. The maximum atomic E-state index is 13.2. The summed E-state index contributed by atoms with van der Waals surface area (Å²) in [5.41, 5.74) is 1.14. The SMILES string of the molecule is CCOc1ccc(S(=O)(=O)NC(Cc2ccccc2)C(=O)Nc2cc(Cl)ccc2OC)cc1. The lowest BCUT2D eigenvalue weighted by Gasteiger charge is -2.20. The predicted octanol–water partition coefficient (Wildman–Crippen LogP) is 4.28. The number of benzene rings is 3. The number of ether oxygens (including phenoxy) is 2. The molecular weight excluding hydrogens is 464 g/mol. The Balaban J connectivity index is 1.87. The van der Waals surface area contributed by atoms with Crippen molar-refractivity contribution >= 4 is 33.2 Å². The van der Waals surface area contributed by atoms with Crippen LogP contribution in [0.5, 0.6) is 11.5 Å². The maximum Gasteiger partial charge on any atom is 0.243 e. The van der Waals surface area contributed by atoms with E-state index >= 15 is 0 Å². The molecule has 2 N–H and O–H groups in total. The summed E-state index contributed by atoms with van der Waals surface area (Å²) in [7, 11) is -2.53. The highest BCUT2D eigenvalue weighted by Gasteiger charge is 2.27. The summed E-state index contributed by atoms with van der Waals surface area (Å²) < 4.78 is 39.3. The largest absolute Gasteiger partial charge is 0.495 e. The molecule has 0 saturated carbocycles. The van der Waals surface area contributed by atoms with Crippen LogP contribution in [-0.2, 0) is 21.2 Å². The van der Waals surface area contributed by atoms with E-state index in [1.807, 2.05) is 37.3 Å². The molecule has 0 radical (unpaired) electrons. The fraction of sp³-hybridized carbons (Fsp3) is 0.208. The van der Waals surface area contributed by atoms with Gasteiger partial charge >= 0.3 is 0 Å². The highest BCUT2D eigenvalue weighted by molar-refractivity contribution is 7.89. The smallest absolute Gasteiger partial charge is 0.243 e. The van der Waals surface area contributed by atoms with Crippen LogP contribution in [0.2, 0.25) is 5.02 Å². The zero-order valence-corrected chi connectivity index (χ0v) is 19.8. The van der Waals surface area contributed by atoms with Gasteiger partial charge in [0.05, 0.1) is 24.3 Å². The minimum Gasteiger partial charge on any atom is -0.495 e. The van der Waals surface area contributed by atoms with Crippen LogP contribution in [0.4, 0.5) is 5.69 Å². The Morgan fingerprint density at radius 3 is 2.36 bits per heavy atom. The van der Waals surface area contributed by atoms with Gasteiger partial charge in [0.1, 0.15) is 17.5 Å². The van der Waals surface area contributed by atoms with Gasteiger partial charge in [-0.05, 0) is 61.4 Å². The van der Waals surface area contributed by atoms with E-state index in [0.29, 0.717) is 28.8 Å². The Kier molecular flexibility index (Phi) is 8.32. The number of sulfonamides is 1. The van der Waals surface area contributed by atoms with E-state index in [-0.39, 0.29) is 11.3 Å². The molecule has 9 heteroatoms. The second-order valence-corrected chi connectivity index (χ2v) is 9.25. The third kappa shape index (κ3) is 6.71. The van der Waals surface area contributed by atoms with E-state index < -0.39 is 22.0 Å². The van der Waals surface area contributed by atoms with Crippen LogP contribution in [0.3, 0.4) is 0 Å². The summed E-state index contributed by atoms with van der Waals surface area (Å²) in [6.45, 7) is 2.31. The number of amides is 1. The van der Waals surface area contributed by atoms with Crippen molar-refractivity contribution in [1.82, 2.24) is 4.72 Å². The fourth-order valence-electron chi connectivity index (χ4n) is 3.17. The van der Waals surface area contributed by atoms with Crippen molar-refractivity contribution in [3.63, 3.8) is 0 Å². The lowest BCUT2D eigenvalue weighted by Crippen LogP contribution is -2.45. The van der Waals surface area contributed by atoms with E-state index in [0.717, 1.165) is 5.56 Å². The molecule has 0 saturated heterocycles. The van der Waals surface area contributed by atoms with Crippen molar-refractivity contribution in [2.75, 3.05) is 19.0 Å². The number of carbonyl (C=O) groups is 1. The van der Waals surface area contributed by atoms with Crippen LogP contribution >= 0.6 is 11.6 Å². The second-order valence-electron chi connectivity index (χ2n) is 7.10. The van der Waals surface area contributed by atoms with E-state index in [9.17, 15) is 13.2 Å². The molecule has 0 bridgehead atoms. The number of methoxy groups -OCH3 is 1. The Bertz CT molecular complexity index is 1190. The minimum atomic E-state index is -4.00. The quantitative estimate of drug-likeness (QED) is 0.444. The normalized spacial score (nSPS) is 12.1. The standard InChI is InChI=1S/C24H25ClN2O5S/c1-3-32-19-10-12-20(13-11-19)33(29,30)27-22(15-17-7-5-4-6-8-17)24(28)26-21-16-18(25)9-14-23(21)31-2/h4-14,16,22,27H,3,15H2,1-2H3,(H,26,28). The van der Waals surface area contributed by atoms with Crippen molar-refractivity contribution in [2.24, 2.45) is 0 Å². The summed E-state index contributed by atoms with van der Waals surface area (Å²) in [5.74, 6) is 0.414. The molecular formula is C24H25ClN2O5S. The van der Waals surface area contributed by atoms with Crippen LogP contribution in [-0.4, -0.2) is 34.1 Å². The first-order valence-electron chi connectivity index (χ1n) is 10.3. The zero-order chi connectivity index (χ0) is 23.8. The zero-order valence-electron chi connectivity index (χ0n) is 18.2. The molecule has 174 valence electrons. The average molecular weight is 489 g/mol. The van der Waals surface area contributed by atoms with Gasteiger partial charge in [-0.1, -0.05) is 41.9 Å². The molecule has 3 aromatic rings. The average Bonchev–Trinajstić information content (AvgIpc) is 2.80. The maximum absolute atomic E-state index is 13.2. The Hall–Kier alpha value is -3.07. The molecule has 0 fully saturated rings. The van der Waals surface area contributed by atoms with Crippen LogP contribution in [0.25, 0.3) is 0 Å². The van der Waals surface area contributed by atoms with Crippen molar-refractivity contribution in [2.45, 2.75) is 24.3 Å². The summed E-state index contributed by atoms with van der Waals surface area (Å²) in [4.78, 5) is 13.2. The lowest BCUT2D eigenvalue weighted by atomic mass is 10.1. The topological polar surface area (TPSA) is 93.7 Å². The predicted molar refractivity (Wildman–Crippen MR) is 129 cm³/mol. The highest BCUT2D eigenvalue weighted by Crippen LogP contribution is 2.28. The molecule has 3 rings (SSSR count). The van der Waals surface area contributed by atoms with Gasteiger partial charge in [-0.25, -0.2) is 8.42 Å². The van der Waals surface area contributed by atoms with Gasteiger partial charge in [-0.2, -0.15) is 4.72 Å². The van der Waals surface area contributed by atoms with Gasteiger partial charge in [0.15, 0.2) is 0 Å². The molecule has 0 aromatic heterocycles. The number of hydrogen-bond acceptors (Lipinski definition) is 5. The van der Waals surface area contributed by atoms with Crippen LogP contribution in [0.15, 0.2) is 77.7 Å². The lowest BCUT2D eigenvalue weighted by molar-refractivity contribution is -0.117. The van der Waals surface area contributed by atoms with E-state index in [4.69, 9.17) is 21.1 Å². The number of rotatable bonds is 10. The van der Waals surface area contributed by atoms with Crippen LogP contribution in [0, 0.1) is 0 Å². The molecule has 0 aliphatic heterocycles. The van der Waals surface area contributed by atoms with Crippen molar-refractivity contribution in [1.29, 1.82) is 0 Å². The van der Waals surface area contributed by atoms with Crippen molar-refractivity contribution in [3.8, 4) is 11.5 Å². The van der Waals surface area contributed by atoms with Gasteiger partial charge in [-0.15, -0.1) is 0 Å². The van der Waals surface area contributed by atoms with Gasteiger partial charge in [0, 0.05) is 5.02 Å². The Morgan fingerprint density at radius 1 is 1.03 bits per heavy atom. The summed E-state index contributed by atoms with van der Waals surface area (Å²) in [6, 6.07) is 18.9. The number of nitrogens with one attached hydrogen (secondary N) is 2. The fourth-order valence-corrected chi connectivity index (χ4v) is 4.54. The number of halogens is 1. The van der Waals surface area contributed by atoms with Gasteiger partial charge in [0.2, 0.25) is 15.9 Å². The van der Waals surface area contributed by atoms with Crippen LogP contribution in [0.1, 0.15) is 12.5 Å². The molecule has 3 aromatic carbocycles. The molecule has 1 amide bonds. The third-order valence-corrected chi connectivity index (χ3v) is 6.48. The van der Waals surface area contributed by atoms with Gasteiger partial charge < -0.3 is 14.8 Å². The first kappa shape index (κ1) is 24.6. The van der Waals surface area contributed by atoms with Gasteiger partial charge in [0.25, 0.3) is 0 Å². The number of anilines is 1. The van der Waals surface area contributed by atoms with E-state index in [2.05, 4.69) is 10.0 Å². The highest BCUT2D eigenvalue weighted by atomic mass is 35.5. The summed E-state index contributed by atoms with van der Waals surface area (Å²) in [6.07, 6.45) is 0.145. The van der Waals surface area contributed by atoms with Crippen LogP contribution < -0.4 is 19.5 Å². The molecule has 0 aliphatic rings. The Morgan fingerprint density at radius 2 is 1.73 bits per heavy atom. The summed E-state index contributed by atoms with van der Waals surface area (Å²) >= 11 is 6.06. The monoisotopic (exact) mass is 488 g/mol. The number of hydrogen-bond donors (Lipinski definition) is 2. The van der Waals surface area contributed by atoms with Gasteiger partial charge in [-0.3, -0.25) is 4.79 Å². The first-order chi connectivity index (χ1) is 15.8. The van der Waals surface area contributed by atoms with Crippen molar-refractivity contribution in [3.05, 3.63) is 83.4 Å². The molecule has 1 atom stereocenters. The third-order valence-electron chi connectivity index (χ3n) is 4.76. The minimum absolute atomic E-state index is 0.0251. The second kappa shape index (κ2) is 11.2. The first-order valence-corrected chi connectivity index (χ1v) is 12.1. The number of carbonyl (C=O) groups excluding carboxylic acids is 1. The Labute approximate surface area is 198 Å². The molecule has 0 spiro atoms.